The first kappa shape index (κ1) is 31.0. The van der Waals surface area contributed by atoms with Crippen LogP contribution in [0.1, 0.15) is 64.9 Å². The summed E-state index contributed by atoms with van der Waals surface area (Å²) in [6.45, 7) is 8.81. The molecule has 2 aromatic rings. The van der Waals surface area contributed by atoms with Crippen LogP contribution in [0.25, 0.3) is 0 Å². The molecule has 0 aromatic heterocycles. The second-order valence-corrected chi connectivity index (χ2v) is 12.1. The molecular weight excluding hydrogens is 544 g/mol. The number of unbranched alkanes of at least 4 members (excludes halogenated alkanes) is 2. The first-order chi connectivity index (χ1) is 20.8. The van der Waals surface area contributed by atoms with Gasteiger partial charge in [0.1, 0.15) is 11.6 Å². The quantitative estimate of drug-likeness (QED) is 0.286. The lowest BCUT2D eigenvalue weighted by atomic mass is 9.65. The number of benzene rings is 2. The molecule has 3 aliphatic heterocycles. The Hall–Kier alpha value is -3.43. The smallest absolute Gasteiger partial charge is 0.250 e. The molecule has 3 saturated heterocycles. The molecule has 0 radical (unpaired) electrons. The van der Waals surface area contributed by atoms with E-state index < -0.39 is 29.1 Å². The van der Waals surface area contributed by atoms with Gasteiger partial charge >= 0.3 is 0 Å². The lowest BCUT2D eigenvalue weighted by Crippen LogP contribution is -2.53. The van der Waals surface area contributed by atoms with Gasteiger partial charge < -0.3 is 30.3 Å². The Morgan fingerprint density at radius 3 is 2.35 bits per heavy atom. The Morgan fingerprint density at radius 2 is 1.70 bits per heavy atom. The van der Waals surface area contributed by atoms with Crippen LogP contribution < -0.4 is 15.5 Å². The summed E-state index contributed by atoms with van der Waals surface area (Å²) in [6, 6.07) is 16.6. The standard InChI is InChI=1S/C34H46N4O5/c1-4-33-19-20-34(43-33)28(27(33)30(40)35-23-24-13-9-7-10-14-24)32(42)38(21-11-8-12-22-39)29(34)31(41)36-25-15-17-26(18-16-25)37(5-2)6-3/h7,9-10,13-18,27-29,39H,4-6,8,11-12,19-23H2,1-3H3,(H,35,40)(H,36,41)/t27-,28+,29?,33+,34?/m1/s1. The van der Waals surface area contributed by atoms with Crippen molar-refractivity contribution < 1.29 is 24.2 Å². The molecule has 2 bridgehead atoms. The molecule has 0 saturated carbocycles. The molecule has 9 nitrogen and oxygen atoms in total. The van der Waals surface area contributed by atoms with E-state index in [1.807, 2.05) is 61.5 Å². The summed E-state index contributed by atoms with van der Waals surface area (Å²) in [6.07, 6.45) is 3.77. The fraction of sp³-hybridized carbons (Fsp3) is 0.559. The van der Waals surface area contributed by atoms with Crippen molar-refractivity contribution in [2.24, 2.45) is 11.8 Å². The van der Waals surface area contributed by atoms with Gasteiger partial charge in [-0.15, -0.1) is 0 Å². The van der Waals surface area contributed by atoms with Crippen LogP contribution in [0.4, 0.5) is 11.4 Å². The highest BCUT2D eigenvalue weighted by Crippen LogP contribution is 2.64. The van der Waals surface area contributed by atoms with E-state index in [9.17, 15) is 19.5 Å². The summed E-state index contributed by atoms with van der Waals surface area (Å²) in [4.78, 5) is 46.2. The first-order valence-corrected chi connectivity index (χ1v) is 15.9. The molecule has 1 spiro atoms. The largest absolute Gasteiger partial charge is 0.396 e. The van der Waals surface area contributed by atoms with E-state index in [-0.39, 0.29) is 24.3 Å². The van der Waals surface area contributed by atoms with Crippen molar-refractivity contribution in [2.75, 3.05) is 36.5 Å². The zero-order chi connectivity index (χ0) is 30.6. The summed E-state index contributed by atoms with van der Waals surface area (Å²) in [7, 11) is 0. The van der Waals surface area contributed by atoms with Crippen molar-refractivity contribution in [1.29, 1.82) is 0 Å². The Balaban J connectivity index is 1.42. The summed E-state index contributed by atoms with van der Waals surface area (Å²) in [5, 5.41) is 15.4. The van der Waals surface area contributed by atoms with Gasteiger partial charge in [-0.25, -0.2) is 0 Å². The minimum atomic E-state index is -1.07. The van der Waals surface area contributed by atoms with Crippen LogP contribution in [0, 0.1) is 11.8 Å². The van der Waals surface area contributed by atoms with Gasteiger partial charge in [0, 0.05) is 44.2 Å². The van der Waals surface area contributed by atoms with Gasteiger partial charge in [-0.05, 0) is 82.2 Å². The number of likely N-dealkylation sites (tertiary alicyclic amines) is 1. The molecule has 5 rings (SSSR count). The minimum absolute atomic E-state index is 0.0830. The van der Waals surface area contributed by atoms with Crippen molar-refractivity contribution >= 4 is 29.1 Å². The number of carbonyl (C=O) groups excluding carboxylic acids is 3. The molecule has 3 heterocycles. The predicted molar refractivity (Wildman–Crippen MR) is 166 cm³/mol. The second-order valence-electron chi connectivity index (χ2n) is 12.1. The van der Waals surface area contributed by atoms with Crippen LogP contribution in [0.2, 0.25) is 0 Å². The van der Waals surface area contributed by atoms with E-state index in [0.717, 1.165) is 30.8 Å². The first-order valence-electron chi connectivity index (χ1n) is 15.9. The molecule has 5 atom stereocenters. The number of fused-ring (bicyclic) bond motifs is 1. The molecule has 2 unspecified atom stereocenters. The molecule has 9 heteroatoms. The number of anilines is 2. The third kappa shape index (κ3) is 5.65. The molecule has 3 fully saturated rings. The Kier molecular flexibility index (Phi) is 9.42. The topological polar surface area (TPSA) is 111 Å². The molecule has 0 aliphatic carbocycles. The number of nitrogens with one attached hydrogen (secondary N) is 2. The van der Waals surface area contributed by atoms with Crippen molar-refractivity contribution in [1.82, 2.24) is 10.2 Å². The number of nitrogens with zero attached hydrogens (tertiary/aromatic N) is 2. The van der Waals surface area contributed by atoms with Crippen LogP contribution in [-0.4, -0.2) is 71.2 Å². The van der Waals surface area contributed by atoms with Gasteiger partial charge in [0.15, 0.2) is 0 Å². The average molecular weight is 591 g/mol. The lowest BCUT2D eigenvalue weighted by molar-refractivity contribution is -0.146. The lowest BCUT2D eigenvalue weighted by Gasteiger charge is -2.34. The number of aliphatic hydroxyl groups excluding tert-OH is 1. The Morgan fingerprint density at radius 1 is 0.977 bits per heavy atom. The monoisotopic (exact) mass is 590 g/mol. The minimum Gasteiger partial charge on any atom is -0.396 e. The summed E-state index contributed by atoms with van der Waals surface area (Å²) >= 11 is 0. The summed E-state index contributed by atoms with van der Waals surface area (Å²) < 4.78 is 6.85. The van der Waals surface area contributed by atoms with Crippen molar-refractivity contribution in [3.05, 3.63) is 60.2 Å². The van der Waals surface area contributed by atoms with Crippen LogP contribution in [0.3, 0.4) is 0 Å². The van der Waals surface area contributed by atoms with Gasteiger partial charge in [-0.2, -0.15) is 0 Å². The fourth-order valence-corrected chi connectivity index (χ4v) is 7.68. The Bertz CT molecular complexity index is 1280. The highest BCUT2D eigenvalue weighted by Gasteiger charge is 2.78. The van der Waals surface area contributed by atoms with E-state index in [2.05, 4.69) is 29.4 Å². The van der Waals surface area contributed by atoms with Crippen molar-refractivity contribution in [3.8, 4) is 0 Å². The molecule has 2 aromatic carbocycles. The third-order valence-electron chi connectivity index (χ3n) is 9.84. The van der Waals surface area contributed by atoms with Gasteiger partial charge in [0.05, 0.1) is 17.4 Å². The Labute approximate surface area is 255 Å². The van der Waals surface area contributed by atoms with Crippen molar-refractivity contribution in [2.45, 2.75) is 83.1 Å². The number of hydrogen-bond donors (Lipinski definition) is 3. The molecule has 3 N–H and O–H groups in total. The van der Waals surface area contributed by atoms with E-state index in [4.69, 9.17) is 4.74 Å². The van der Waals surface area contributed by atoms with E-state index in [1.54, 1.807) is 4.90 Å². The maximum Gasteiger partial charge on any atom is 0.250 e. The number of ether oxygens (including phenoxy) is 1. The van der Waals surface area contributed by atoms with Gasteiger partial charge in [-0.3, -0.25) is 14.4 Å². The van der Waals surface area contributed by atoms with Crippen LogP contribution in [-0.2, 0) is 25.7 Å². The zero-order valence-electron chi connectivity index (χ0n) is 25.7. The van der Waals surface area contributed by atoms with Gasteiger partial charge in [0.25, 0.3) is 0 Å². The third-order valence-corrected chi connectivity index (χ3v) is 9.84. The second kappa shape index (κ2) is 13.1. The van der Waals surface area contributed by atoms with Crippen LogP contribution in [0.5, 0.6) is 0 Å². The molecular formula is C34H46N4O5. The predicted octanol–water partition coefficient (Wildman–Crippen LogP) is 4.11. The van der Waals surface area contributed by atoms with Crippen LogP contribution >= 0.6 is 0 Å². The summed E-state index contributed by atoms with van der Waals surface area (Å²) in [5.74, 6) is -2.06. The maximum absolute atomic E-state index is 14.3. The number of hydrogen-bond acceptors (Lipinski definition) is 6. The normalized spacial score (nSPS) is 27.3. The zero-order valence-corrected chi connectivity index (χ0v) is 25.7. The maximum atomic E-state index is 14.3. The number of carbonyl (C=O) groups is 3. The molecule has 3 aliphatic rings. The molecule has 3 amide bonds. The number of rotatable bonds is 14. The molecule has 232 valence electrons. The fourth-order valence-electron chi connectivity index (χ4n) is 7.68. The van der Waals surface area contributed by atoms with Crippen molar-refractivity contribution in [3.63, 3.8) is 0 Å². The SMILES string of the molecule is CCN(CC)c1ccc(NC(=O)C2N(CCCCCO)C(=O)[C@@H]3[C@H](C(=O)NCc4ccccc4)[C@]4(CC)CCC23O4)cc1. The highest BCUT2D eigenvalue weighted by atomic mass is 16.5. The highest BCUT2D eigenvalue weighted by molar-refractivity contribution is 6.03. The van der Waals surface area contributed by atoms with E-state index in [0.29, 0.717) is 50.9 Å². The van der Waals surface area contributed by atoms with E-state index in [1.165, 1.54) is 0 Å². The average Bonchev–Trinajstić information content (AvgIpc) is 3.63. The number of aliphatic hydroxyl groups is 1. The van der Waals surface area contributed by atoms with Crippen LogP contribution in [0.15, 0.2) is 54.6 Å². The van der Waals surface area contributed by atoms with Gasteiger partial charge in [0.2, 0.25) is 17.7 Å². The van der Waals surface area contributed by atoms with Gasteiger partial charge in [-0.1, -0.05) is 37.3 Å². The summed E-state index contributed by atoms with van der Waals surface area (Å²) in [5.41, 5.74) is 0.865. The molecule has 43 heavy (non-hydrogen) atoms. The number of amides is 3. The van der Waals surface area contributed by atoms with E-state index >= 15 is 0 Å².